The van der Waals surface area contributed by atoms with Crippen molar-refractivity contribution in [3.63, 3.8) is 0 Å². The van der Waals surface area contributed by atoms with Gasteiger partial charge >= 0.3 is 6.18 Å². The number of nitrogens with zero attached hydrogens (tertiary/aromatic N) is 2. The van der Waals surface area contributed by atoms with Crippen molar-refractivity contribution in [2.45, 2.75) is 25.6 Å². The SMILES string of the molecule is CCC(=O)C1=C(O)C(=O)N(c2ccc(C(F)(F)F)cc2)C1c1ccc(N(C)C)cc1. The Bertz CT molecular complexity index is 994. The summed E-state index contributed by atoms with van der Waals surface area (Å²) in [5, 5.41) is 10.4. The van der Waals surface area contributed by atoms with Gasteiger partial charge in [-0.15, -0.1) is 0 Å². The number of carbonyl (C=O) groups excluding carboxylic acids is 2. The van der Waals surface area contributed by atoms with E-state index in [1.54, 1.807) is 31.2 Å². The molecule has 5 nitrogen and oxygen atoms in total. The zero-order valence-electron chi connectivity index (χ0n) is 16.7. The minimum Gasteiger partial charge on any atom is -0.503 e. The average molecular weight is 418 g/mol. The number of alkyl halides is 3. The number of ketones is 1. The summed E-state index contributed by atoms with van der Waals surface area (Å²) in [5.41, 5.74) is 0.697. The van der Waals surface area contributed by atoms with Crippen LogP contribution in [0.4, 0.5) is 24.5 Å². The molecule has 1 aliphatic heterocycles. The van der Waals surface area contributed by atoms with Gasteiger partial charge in [0.1, 0.15) is 0 Å². The Kier molecular flexibility index (Phi) is 5.61. The molecule has 0 fully saturated rings. The van der Waals surface area contributed by atoms with Crippen molar-refractivity contribution in [3.05, 3.63) is 71.0 Å². The van der Waals surface area contributed by atoms with Crippen LogP contribution < -0.4 is 9.80 Å². The number of amides is 1. The second kappa shape index (κ2) is 7.85. The van der Waals surface area contributed by atoms with E-state index in [1.807, 2.05) is 19.0 Å². The van der Waals surface area contributed by atoms with Gasteiger partial charge in [-0.25, -0.2) is 0 Å². The Labute approximate surface area is 172 Å². The highest BCUT2D eigenvalue weighted by molar-refractivity contribution is 6.16. The van der Waals surface area contributed by atoms with E-state index in [0.29, 0.717) is 5.56 Å². The molecule has 1 amide bonds. The van der Waals surface area contributed by atoms with E-state index in [1.165, 1.54) is 0 Å². The molecule has 1 aliphatic rings. The Morgan fingerprint density at radius 3 is 2.10 bits per heavy atom. The normalized spacial score (nSPS) is 16.9. The zero-order valence-corrected chi connectivity index (χ0v) is 16.7. The molecule has 1 atom stereocenters. The molecule has 1 heterocycles. The van der Waals surface area contributed by atoms with Gasteiger partial charge < -0.3 is 10.0 Å². The molecule has 0 spiro atoms. The first-order chi connectivity index (χ1) is 14.1. The fourth-order valence-electron chi connectivity index (χ4n) is 3.43. The Morgan fingerprint density at radius 2 is 1.63 bits per heavy atom. The second-order valence-electron chi connectivity index (χ2n) is 7.15. The lowest BCUT2D eigenvalue weighted by atomic mass is 9.94. The fraction of sp³-hybridized carbons (Fsp3) is 0.273. The number of carbonyl (C=O) groups is 2. The van der Waals surface area contributed by atoms with Crippen molar-refractivity contribution in [2.75, 3.05) is 23.9 Å². The van der Waals surface area contributed by atoms with E-state index in [-0.39, 0.29) is 17.7 Å². The van der Waals surface area contributed by atoms with Gasteiger partial charge in [-0.1, -0.05) is 19.1 Å². The van der Waals surface area contributed by atoms with Crippen molar-refractivity contribution in [1.82, 2.24) is 0 Å². The summed E-state index contributed by atoms with van der Waals surface area (Å²) in [5.74, 6) is -1.91. The van der Waals surface area contributed by atoms with Gasteiger partial charge in [-0.3, -0.25) is 14.5 Å². The monoisotopic (exact) mass is 418 g/mol. The van der Waals surface area contributed by atoms with Crippen LogP contribution in [0.15, 0.2) is 59.9 Å². The van der Waals surface area contributed by atoms with Crippen LogP contribution in [0.3, 0.4) is 0 Å². The smallest absolute Gasteiger partial charge is 0.416 e. The number of benzene rings is 2. The standard InChI is InChI=1S/C22H21F3N2O3/c1-4-17(28)18-19(13-5-9-15(10-6-13)26(2)3)27(21(30)20(18)29)16-11-7-14(8-12-16)22(23,24)25/h5-12,19,29H,4H2,1-3H3. The van der Waals surface area contributed by atoms with Crippen LogP contribution in [0.5, 0.6) is 0 Å². The second-order valence-corrected chi connectivity index (χ2v) is 7.15. The molecule has 1 N–H and O–H groups in total. The van der Waals surface area contributed by atoms with Crippen LogP contribution in [0.25, 0.3) is 0 Å². The maximum atomic E-state index is 12.9. The summed E-state index contributed by atoms with van der Waals surface area (Å²) >= 11 is 0. The quantitative estimate of drug-likeness (QED) is 0.768. The number of aliphatic hydroxyl groups excluding tert-OH is 1. The van der Waals surface area contributed by atoms with Gasteiger partial charge in [-0.05, 0) is 42.0 Å². The lowest BCUT2D eigenvalue weighted by Gasteiger charge is -2.27. The molecule has 0 saturated carbocycles. The molecule has 0 bridgehead atoms. The minimum atomic E-state index is -4.52. The maximum absolute atomic E-state index is 12.9. The highest BCUT2D eigenvalue weighted by atomic mass is 19.4. The summed E-state index contributed by atoms with van der Waals surface area (Å²) < 4.78 is 38.7. The molecule has 1 unspecified atom stereocenters. The van der Waals surface area contributed by atoms with Crippen LogP contribution in [-0.2, 0) is 15.8 Å². The summed E-state index contributed by atoms with van der Waals surface area (Å²) in [6.07, 6.45) is -4.45. The highest BCUT2D eigenvalue weighted by Crippen LogP contribution is 2.42. The maximum Gasteiger partial charge on any atom is 0.416 e. The summed E-state index contributed by atoms with van der Waals surface area (Å²) in [6.45, 7) is 1.61. The van der Waals surface area contributed by atoms with Gasteiger partial charge in [0.15, 0.2) is 11.5 Å². The summed E-state index contributed by atoms with van der Waals surface area (Å²) in [7, 11) is 3.72. The van der Waals surface area contributed by atoms with Gasteiger partial charge in [0, 0.05) is 31.9 Å². The molecule has 3 rings (SSSR count). The lowest BCUT2D eigenvalue weighted by molar-refractivity contribution is -0.137. The number of rotatable bonds is 5. The van der Waals surface area contributed by atoms with Crippen molar-refractivity contribution in [2.24, 2.45) is 0 Å². The van der Waals surface area contributed by atoms with E-state index in [2.05, 4.69) is 0 Å². The van der Waals surface area contributed by atoms with Gasteiger partial charge in [0.2, 0.25) is 0 Å². The van der Waals surface area contributed by atoms with Crippen molar-refractivity contribution in [1.29, 1.82) is 0 Å². The minimum absolute atomic E-state index is 0.0556. The number of halogens is 3. The predicted octanol–water partition coefficient (Wildman–Crippen LogP) is 4.65. The van der Waals surface area contributed by atoms with Crippen LogP contribution in [0, 0.1) is 0 Å². The van der Waals surface area contributed by atoms with Crippen LogP contribution in [0.2, 0.25) is 0 Å². The Hall–Kier alpha value is -3.29. The Balaban J connectivity index is 2.11. The van der Waals surface area contributed by atoms with Gasteiger partial charge in [0.25, 0.3) is 5.91 Å². The molecule has 8 heteroatoms. The first-order valence-corrected chi connectivity index (χ1v) is 9.30. The van der Waals surface area contributed by atoms with Crippen LogP contribution in [-0.4, -0.2) is 30.9 Å². The van der Waals surface area contributed by atoms with E-state index in [4.69, 9.17) is 0 Å². The molecule has 158 valence electrons. The van der Waals surface area contributed by atoms with Crippen molar-refractivity contribution < 1.29 is 27.9 Å². The molecule has 2 aromatic rings. The number of Topliss-reactive ketones (excluding diaryl/α,β-unsaturated/α-hetero) is 1. The third-order valence-corrected chi connectivity index (χ3v) is 5.03. The van der Waals surface area contributed by atoms with E-state index in [9.17, 15) is 27.9 Å². The largest absolute Gasteiger partial charge is 0.503 e. The molecular formula is C22H21F3N2O3. The number of hydrogen-bond acceptors (Lipinski definition) is 4. The molecule has 0 saturated heterocycles. The third kappa shape index (κ3) is 3.77. The predicted molar refractivity (Wildman–Crippen MR) is 107 cm³/mol. The van der Waals surface area contributed by atoms with E-state index < -0.39 is 35.2 Å². The van der Waals surface area contributed by atoms with E-state index in [0.717, 1.165) is 34.9 Å². The van der Waals surface area contributed by atoms with Crippen LogP contribution >= 0.6 is 0 Å². The molecule has 0 aliphatic carbocycles. The summed E-state index contributed by atoms with van der Waals surface area (Å²) in [4.78, 5) is 28.4. The van der Waals surface area contributed by atoms with Gasteiger partial charge in [-0.2, -0.15) is 13.2 Å². The molecular weight excluding hydrogens is 397 g/mol. The first-order valence-electron chi connectivity index (χ1n) is 9.30. The Morgan fingerprint density at radius 1 is 1.07 bits per heavy atom. The highest BCUT2D eigenvalue weighted by Gasteiger charge is 2.44. The molecule has 0 radical (unpaired) electrons. The summed E-state index contributed by atoms with van der Waals surface area (Å²) in [6, 6.07) is 10.2. The topological polar surface area (TPSA) is 60.9 Å². The molecule has 0 aromatic heterocycles. The zero-order chi connectivity index (χ0) is 22.2. The van der Waals surface area contributed by atoms with Gasteiger partial charge in [0.05, 0.1) is 17.2 Å². The van der Waals surface area contributed by atoms with Crippen molar-refractivity contribution >= 4 is 23.1 Å². The van der Waals surface area contributed by atoms with Crippen LogP contribution in [0.1, 0.15) is 30.5 Å². The first kappa shape index (κ1) is 21.4. The number of hydrogen-bond donors (Lipinski definition) is 1. The third-order valence-electron chi connectivity index (χ3n) is 5.03. The number of aliphatic hydroxyl groups is 1. The molecule has 2 aromatic carbocycles. The lowest BCUT2D eigenvalue weighted by Crippen LogP contribution is -2.31. The fourth-order valence-corrected chi connectivity index (χ4v) is 3.43. The van der Waals surface area contributed by atoms with E-state index >= 15 is 0 Å². The molecule has 30 heavy (non-hydrogen) atoms. The average Bonchev–Trinajstić information content (AvgIpc) is 2.98. The van der Waals surface area contributed by atoms with Crippen molar-refractivity contribution in [3.8, 4) is 0 Å². The number of anilines is 2.